The number of thiocarbonyl (C=S) groups is 1. The zero-order valence-electron chi connectivity index (χ0n) is 16.0. The highest BCUT2D eigenvalue weighted by molar-refractivity contribution is 7.80. The van der Waals surface area contributed by atoms with Crippen LogP contribution in [0.1, 0.15) is 35.2 Å². The molecule has 8 heteroatoms. The fraction of sp³-hybridized carbons (Fsp3) is 0.333. The van der Waals surface area contributed by atoms with Crippen molar-refractivity contribution in [3.8, 4) is 11.5 Å². The average molecular weight is 434 g/mol. The summed E-state index contributed by atoms with van der Waals surface area (Å²) in [6.45, 7) is 3.51. The Morgan fingerprint density at radius 1 is 1.00 bits per heavy atom. The number of fused-ring (bicyclic) bond motifs is 1. The van der Waals surface area contributed by atoms with Gasteiger partial charge in [-0.05, 0) is 74.0 Å². The van der Waals surface area contributed by atoms with Crippen molar-refractivity contribution in [3.05, 3.63) is 53.6 Å². The second-order valence-corrected chi connectivity index (χ2v) is 7.42. The maximum absolute atomic E-state index is 12.4. The summed E-state index contributed by atoms with van der Waals surface area (Å²) in [5.74, 6) is 0.912. The minimum Gasteiger partial charge on any atom is -0.454 e. The number of piperidine rings is 1. The van der Waals surface area contributed by atoms with E-state index in [-0.39, 0.29) is 30.2 Å². The van der Waals surface area contributed by atoms with E-state index in [1.165, 1.54) is 37.9 Å². The summed E-state index contributed by atoms with van der Waals surface area (Å²) in [7, 11) is 0. The van der Waals surface area contributed by atoms with E-state index in [0.717, 1.165) is 12.2 Å². The van der Waals surface area contributed by atoms with Crippen LogP contribution in [0.5, 0.6) is 11.5 Å². The van der Waals surface area contributed by atoms with Crippen LogP contribution >= 0.6 is 24.6 Å². The Hall–Kier alpha value is -2.35. The van der Waals surface area contributed by atoms with Crippen molar-refractivity contribution in [1.29, 1.82) is 0 Å². The van der Waals surface area contributed by atoms with Crippen LogP contribution in [0.3, 0.4) is 0 Å². The van der Waals surface area contributed by atoms with E-state index in [1.54, 1.807) is 18.2 Å². The van der Waals surface area contributed by atoms with E-state index in [4.69, 9.17) is 21.7 Å². The van der Waals surface area contributed by atoms with Crippen molar-refractivity contribution in [2.75, 3.05) is 25.2 Å². The Bertz CT molecular complexity index is 870. The van der Waals surface area contributed by atoms with Gasteiger partial charge in [0, 0.05) is 17.8 Å². The summed E-state index contributed by atoms with van der Waals surface area (Å²) in [5, 5.41) is 6.00. The van der Waals surface area contributed by atoms with Gasteiger partial charge in [0.25, 0.3) is 5.91 Å². The molecule has 0 saturated carbocycles. The number of halogens is 1. The number of amides is 1. The van der Waals surface area contributed by atoms with Crippen molar-refractivity contribution in [1.82, 2.24) is 10.2 Å². The highest BCUT2D eigenvalue weighted by Crippen LogP contribution is 2.32. The molecule has 2 aromatic carbocycles. The molecule has 2 aliphatic rings. The molecular formula is C21H24ClN3O3S. The molecule has 0 unspecified atom stereocenters. The number of ether oxygens (including phenoxy) is 2. The number of likely N-dealkylation sites (tertiary alicyclic amines) is 1. The van der Waals surface area contributed by atoms with Crippen molar-refractivity contribution in [2.45, 2.75) is 25.8 Å². The lowest BCUT2D eigenvalue weighted by Crippen LogP contribution is -2.34. The van der Waals surface area contributed by atoms with Crippen molar-refractivity contribution in [3.63, 3.8) is 0 Å². The highest BCUT2D eigenvalue weighted by Gasteiger charge is 2.17. The zero-order chi connectivity index (χ0) is 19.3. The van der Waals surface area contributed by atoms with Gasteiger partial charge < -0.3 is 14.8 Å². The lowest BCUT2D eigenvalue weighted by Gasteiger charge is -2.26. The fourth-order valence-corrected chi connectivity index (χ4v) is 3.66. The lowest BCUT2D eigenvalue weighted by molar-refractivity contribution is 0.0977. The molecule has 0 radical (unpaired) electrons. The molecule has 2 aromatic rings. The Balaban J connectivity index is 0.00000240. The number of carbonyl (C=O) groups is 1. The predicted molar refractivity (Wildman–Crippen MR) is 119 cm³/mol. The first-order valence-corrected chi connectivity index (χ1v) is 9.91. The van der Waals surface area contributed by atoms with Gasteiger partial charge in [-0.1, -0.05) is 18.6 Å². The second kappa shape index (κ2) is 9.91. The topological polar surface area (TPSA) is 62.8 Å². The molecule has 2 heterocycles. The minimum atomic E-state index is -0.294. The maximum Gasteiger partial charge on any atom is 0.257 e. The smallest absolute Gasteiger partial charge is 0.257 e. The van der Waals surface area contributed by atoms with E-state index in [1.807, 2.05) is 12.1 Å². The molecule has 6 nitrogen and oxygen atoms in total. The van der Waals surface area contributed by atoms with E-state index in [9.17, 15) is 4.79 Å². The van der Waals surface area contributed by atoms with Gasteiger partial charge in [0.2, 0.25) is 6.79 Å². The molecule has 0 bridgehead atoms. The van der Waals surface area contributed by atoms with Crippen LogP contribution in [0.25, 0.3) is 0 Å². The maximum atomic E-state index is 12.4. The van der Waals surface area contributed by atoms with Gasteiger partial charge in [0.15, 0.2) is 16.6 Å². The SMILES string of the molecule is Cl.O=C(NC(=S)Nc1ccc(CN2CCCCC2)cc1)c1ccc2c(c1)OCO2. The van der Waals surface area contributed by atoms with Gasteiger partial charge in [-0.2, -0.15) is 0 Å². The Labute approximate surface area is 182 Å². The molecule has 1 fully saturated rings. The Kier molecular flexibility index (Phi) is 7.30. The van der Waals surface area contributed by atoms with Crippen LogP contribution in [0.2, 0.25) is 0 Å². The zero-order valence-corrected chi connectivity index (χ0v) is 17.6. The number of hydrogen-bond donors (Lipinski definition) is 2. The van der Waals surface area contributed by atoms with Crippen LogP contribution < -0.4 is 20.1 Å². The third-order valence-corrected chi connectivity index (χ3v) is 5.13. The normalized spacial score (nSPS) is 15.3. The molecule has 0 aromatic heterocycles. The first kappa shape index (κ1) is 21.4. The van der Waals surface area contributed by atoms with Crippen molar-refractivity contribution < 1.29 is 14.3 Å². The summed E-state index contributed by atoms with van der Waals surface area (Å²) in [4.78, 5) is 14.9. The van der Waals surface area contributed by atoms with Crippen molar-refractivity contribution >= 4 is 41.3 Å². The molecule has 1 saturated heterocycles. The molecule has 0 aliphatic carbocycles. The molecule has 154 valence electrons. The summed E-state index contributed by atoms with van der Waals surface area (Å²) >= 11 is 5.27. The molecule has 0 atom stereocenters. The predicted octanol–water partition coefficient (Wildman–Crippen LogP) is 3.95. The quantitative estimate of drug-likeness (QED) is 0.712. The third-order valence-electron chi connectivity index (χ3n) is 4.93. The first-order chi connectivity index (χ1) is 13.7. The average Bonchev–Trinajstić information content (AvgIpc) is 3.18. The fourth-order valence-electron chi connectivity index (χ4n) is 3.44. The highest BCUT2D eigenvalue weighted by atomic mass is 35.5. The van der Waals surface area contributed by atoms with Gasteiger partial charge in [-0.25, -0.2) is 0 Å². The van der Waals surface area contributed by atoms with Crippen LogP contribution in [0.4, 0.5) is 5.69 Å². The summed E-state index contributed by atoms with van der Waals surface area (Å²) in [6.07, 6.45) is 3.92. The Morgan fingerprint density at radius 3 is 2.48 bits per heavy atom. The monoisotopic (exact) mass is 433 g/mol. The minimum absolute atomic E-state index is 0. The van der Waals surface area contributed by atoms with Crippen LogP contribution in [-0.2, 0) is 6.54 Å². The molecule has 29 heavy (non-hydrogen) atoms. The standard InChI is InChI=1S/C21H23N3O3S.ClH/c25-20(16-6-9-18-19(12-16)27-14-26-18)23-21(28)22-17-7-4-15(5-8-17)13-24-10-2-1-3-11-24;/h4-9,12H,1-3,10-11,13-14H2,(H2,22,23,25,28);1H. The van der Waals surface area contributed by atoms with E-state index >= 15 is 0 Å². The molecule has 4 rings (SSSR count). The number of rotatable bonds is 4. The number of carbonyl (C=O) groups excluding carboxylic acids is 1. The molecule has 2 N–H and O–H groups in total. The van der Waals surface area contributed by atoms with Gasteiger partial charge in [-0.15, -0.1) is 12.4 Å². The van der Waals surface area contributed by atoms with E-state index in [0.29, 0.717) is 17.1 Å². The number of nitrogens with zero attached hydrogens (tertiary/aromatic N) is 1. The third kappa shape index (κ3) is 5.59. The number of hydrogen-bond acceptors (Lipinski definition) is 5. The molecule has 2 aliphatic heterocycles. The van der Waals surface area contributed by atoms with E-state index < -0.39 is 0 Å². The molecule has 0 spiro atoms. The number of nitrogens with one attached hydrogen (secondary N) is 2. The first-order valence-electron chi connectivity index (χ1n) is 9.51. The number of anilines is 1. The van der Waals surface area contributed by atoms with Gasteiger partial charge in [-0.3, -0.25) is 15.0 Å². The van der Waals surface area contributed by atoms with Crippen LogP contribution in [-0.4, -0.2) is 35.8 Å². The largest absolute Gasteiger partial charge is 0.454 e. The van der Waals surface area contributed by atoms with Gasteiger partial charge in [0.05, 0.1) is 0 Å². The van der Waals surface area contributed by atoms with Gasteiger partial charge >= 0.3 is 0 Å². The summed E-state index contributed by atoms with van der Waals surface area (Å²) < 4.78 is 10.6. The van der Waals surface area contributed by atoms with Crippen LogP contribution in [0.15, 0.2) is 42.5 Å². The van der Waals surface area contributed by atoms with Gasteiger partial charge in [0.1, 0.15) is 0 Å². The Morgan fingerprint density at radius 2 is 1.72 bits per heavy atom. The molecular weight excluding hydrogens is 410 g/mol. The molecule has 1 amide bonds. The number of benzene rings is 2. The van der Waals surface area contributed by atoms with Crippen molar-refractivity contribution in [2.24, 2.45) is 0 Å². The van der Waals surface area contributed by atoms with Crippen LogP contribution in [0, 0.1) is 0 Å². The summed E-state index contributed by atoms with van der Waals surface area (Å²) in [5.41, 5.74) is 2.59. The van der Waals surface area contributed by atoms with E-state index in [2.05, 4.69) is 27.7 Å². The second-order valence-electron chi connectivity index (χ2n) is 7.01. The summed E-state index contributed by atoms with van der Waals surface area (Å²) in [6, 6.07) is 13.2. The lowest BCUT2D eigenvalue weighted by atomic mass is 10.1.